The topological polar surface area (TPSA) is 83.9 Å². The third kappa shape index (κ3) is 5.01. The maximum atomic E-state index is 12.8. The number of carbonyl (C=O) groups excluding carboxylic acids is 1. The second-order valence-electron chi connectivity index (χ2n) is 6.70. The first-order valence-electron chi connectivity index (χ1n) is 9.34. The second-order valence-corrected chi connectivity index (χ2v) is 6.70. The molecule has 0 atom stereocenters. The summed E-state index contributed by atoms with van der Waals surface area (Å²) >= 11 is 0. The van der Waals surface area contributed by atoms with Crippen molar-refractivity contribution >= 4 is 17.5 Å². The average molecular weight is 388 g/mol. The first-order chi connectivity index (χ1) is 14.0. The van der Waals surface area contributed by atoms with Crippen molar-refractivity contribution < 1.29 is 4.79 Å². The van der Waals surface area contributed by atoms with Crippen LogP contribution < -0.4 is 5.32 Å². The lowest BCUT2D eigenvalue weighted by molar-refractivity contribution is 0.0796. The first kappa shape index (κ1) is 20.1. The van der Waals surface area contributed by atoms with Crippen LogP contribution in [0.5, 0.6) is 0 Å². The van der Waals surface area contributed by atoms with Crippen LogP contribution in [-0.2, 0) is 0 Å². The largest absolute Gasteiger partial charge is 0.341 e. The summed E-state index contributed by atoms with van der Waals surface area (Å²) in [5, 5.41) is 3.18. The van der Waals surface area contributed by atoms with Gasteiger partial charge in [0.15, 0.2) is 0 Å². The monoisotopic (exact) mass is 388 g/mol. The zero-order valence-electron chi connectivity index (χ0n) is 16.9. The van der Waals surface area contributed by atoms with Gasteiger partial charge in [-0.3, -0.25) is 9.78 Å². The summed E-state index contributed by atoms with van der Waals surface area (Å²) in [7, 11) is 1.79. The number of anilines is 2. The fraction of sp³-hybridized carbons (Fsp3) is 0.227. The van der Waals surface area contributed by atoms with Gasteiger partial charge < -0.3 is 10.2 Å². The predicted octanol–water partition coefficient (Wildman–Crippen LogP) is 3.94. The molecule has 0 aliphatic heterocycles. The Hall–Kier alpha value is -3.61. The van der Waals surface area contributed by atoms with Crippen molar-refractivity contribution in [2.75, 3.05) is 18.9 Å². The lowest BCUT2D eigenvalue weighted by Gasteiger charge is -2.18. The number of hydrogen-bond donors (Lipinski definition) is 1. The minimum atomic E-state index is -0.0532. The van der Waals surface area contributed by atoms with E-state index in [1.54, 1.807) is 42.7 Å². The van der Waals surface area contributed by atoms with Crippen molar-refractivity contribution in [1.29, 1.82) is 0 Å². The van der Waals surface area contributed by atoms with Gasteiger partial charge in [0.1, 0.15) is 17.5 Å². The standard InChI is InChI=1S/C22H24N6O/c1-5-6-11-28(4)22(29)19-12-18(14-25-15(19)2)17-7-9-24-21(13-17)27-20-8-10-23-16(3)26-20/h5,7-10,12-14H,1,6,11H2,2-4H3,(H,23,24,26,27). The third-order valence-corrected chi connectivity index (χ3v) is 4.46. The van der Waals surface area contributed by atoms with Crippen LogP contribution in [0.15, 0.2) is 55.5 Å². The van der Waals surface area contributed by atoms with Gasteiger partial charge in [0.05, 0.1) is 11.3 Å². The van der Waals surface area contributed by atoms with Crippen LogP contribution in [0.4, 0.5) is 11.6 Å². The third-order valence-electron chi connectivity index (χ3n) is 4.46. The fourth-order valence-electron chi connectivity index (χ4n) is 2.84. The highest BCUT2D eigenvalue weighted by Crippen LogP contribution is 2.24. The maximum absolute atomic E-state index is 12.8. The molecule has 0 aliphatic rings. The van der Waals surface area contributed by atoms with E-state index < -0.39 is 0 Å². The molecule has 0 radical (unpaired) electrons. The molecule has 3 aromatic heterocycles. The highest BCUT2D eigenvalue weighted by atomic mass is 16.2. The number of nitrogens with one attached hydrogen (secondary N) is 1. The van der Waals surface area contributed by atoms with E-state index in [1.165, 1.54) is 0 Å². The molecular formula is C22H24N6O. The molecule has 0 saturated carbocycles. The molecular weight excluding hydrogens is 364 g/mol. The molecule has 7 heteroatoms. The molecule has 29 heavy (non-hydrogen) atoms. The number of aryl methyl sites for hydroxylation is 2. The van der Waals surface area contributed by atoms with Crippen molar-refractivity contribution in [1.82, 2.24) is 24.8 Å². The lowest BCUT2D eigenvalue weighted by atomic mass is 10.0. The SMILES string of the molecule is C=CCCN(C)C(=O)c1cc(-c2ccnc(Nc3ccnc(C)n3)c2)cnc1C. The molecule has 0 fully saturated rings. The Balaban J connectivity index is 1.87. The Morgan fingerprint density at radius 1 is 1.10 bits per heavy atom. The normalized spacial score (nSPS) is 10.4. The number of amides is 1. The molecule has 148 valence electrons. The predicted molar refractivity (Wildman–Crippen MR) is 114 cm³/mol. The average Bonchev–Trinajstić information content (AvgIpc) is 2.72. The van der Waals surface area contributed by atoms with Gasteiger partial charge in [0, 0.05) is 37.7 Å². The Morgan fingerprint density at radius 3 is 2.66 bits per heavy atom. The molecule has 7 nitrogen and oxygen atoms in total. The van der Waals surface area contributed by atoms with Gasteiger partial charge in [-0.05, 0) is 50.1 Å². The van der Waals surface area contributed by atoms with E-state index in [1.807, 2.05) is 32.0 Å². The summed E-state index contributed by atoms with van der Waals surface area (Å²) < 4.78 is 0. The van der Waals surface area contributed by atoms with Gasteiger partial charge in [-0.15, -0.1) is 6.58 Å². The molecule has 0 aliphatic carbocycles. The summed E-state index contributed by atoms with van der Waals surface area (Å²) in [5.41, 5.74) is 3.05. The van der Waals surface area contributed by atoms with Gasteiger partial charge in [-0.1, -0.05) is 6.08 Å². The summed E-state index contributed by atoms with van der Waals surface area (Å²) in [6, 6.07) is 7.45. The molecule has 0 bridgehead atoms. The molecule has 0 spiro atoms. The van der Waals surface area contributed by atoms with Gasteiger partial charge in [-0.2, -0.15) is 0 Å². The van der Waals surface area contributed by atoms with Crippen LogP contribution in [-0.4, -0.2) is 44.3 Å². The number of rotatable bonds is 7. The summed E-state index contributed by atoms with van der Waals surface area (Å²) in [5.74, 6) is 1.95. The molecule has 1 N–H and O–H groups in total. The van der Waals surface area contributed by atoms with E-state index in [9.17, 15) is 4.79 Å². The molecule has 3 rings (SSSR count). The van der Waals surface area contributed by atoms with Crippen LogP contribution in [0, 0.1) is 13.8 Å². The van der Waals surface area contributed by atoms with Gasteiger partial charge in [0.2, 0.25) is 0 Å². The van der Waals surface area contributed by atoms with Gasteiger partial charge in [-0.25, -0.2) is 15.0 Å². The summed E-state index contributed by atoms with van der Waals surface area (Å²) in [6.45, 7) is 8.00. The minimum absolute atomic E-state index is 0.0532. The molecule has 0 unspecified atom stereocenters. The number of pyridine rings is 2. The first-order valence-corrected chi connectivity index (χ1v) is 9.34. The van der Waals surface area contributed by atoms with E-state index in [-0.39, 0.29) is 5.91 Å². The van der Waals surface area contributed by atoms with Crippen molar-refractivity contribution in [3.63, 3.8) is 0 Å². The minimum Gasteiger partial charge on any atom is -0.341 e. The van der Waals surface area contributed by atoms with Crippen molar-refractivity contribution in [3.8, 4) is 11.1 Å². The smallest absolute Gasteiger partial charge is 0.255 e. The zero-order valence-corrected chi connectivity index (χ0v) is 16.9. The van der Waals surface area contributed by atoms with Gasteiger partial charge >= 0.3 is 0 Å². The molecule has 1 amide bonds. The zero-order chi connectivity index (χ0) is 20.8. The molecule has 3 heterocycles. The quantitative estimate of drug-likeness (QED) is 0.617. The lowest BCUT2D eigenvalue weighted by Crippen LogP contribution is -2.28. The number of carbonyl (C=O) groups is 1. The van der Waals surface area contributed by atoms with Crippen molar-refractivity contribution in [3.05, 3.63) is 72.6 Å². The van der Waals surface area contributed by atoms with Crippen molar-refractivity contribution in [2.24, 2.45) is 0 Å². The summed E-state index contributed by atoms with van der Waals surface area (Å²) in [4.78, 5) is 31.7. The number of aromatic nitrogens is 4. The second kappa shape index (κ2) is 9.05. The Labute approximate surface area is 170 Å². The highest BCUT2D eigenvalue weighted by molar-refractivity contribution is 5.96. The van der Waals surface area contributed by atoms with Gasteiger partial charge in [0.25, 0.3) is 5.91 Å². The summed E-state index contributed by atoms with van der Waals surface area (Å²) in [6.07, 6.45) is 7.72. The van der Waals surface area contributed by atoms with Crippen LogP contribution in [0.25, 0.3) is 11.1 Å². The van der Waals surface area contributed by atoms with E-state index in [0.29, 0.717) is 35.3 Å². The van der Waals surface area contributed by atoms with Crippen molar-refractivity contribution in [2.45, 2.75) is 20.3 Å². The number of nitrogens with zero attached hydrogens (tertiary/aromatic N) is 5. The van der Waals surface area contributed by atoms with Crippen LogP contribution in [0.2, 0.25) is 0 Å². The van der Waals surface area contributed by atoms with Crippen LogP contribution in [0.3, 0.4) is 0 Å². The van der Waals surface area contributed by atoms with E-state index in [4.69, 9.17) is 0 Å². The van der Waals surface area contributed by atoms with Crippen LogP contribution in [0.1, 0.15) is 28.3 Å². The fourth-order valence-corrected chi connectivity index (χ4v) is 2.84. The Morgan fingerprint density at radius 2 is 1.90 bits per heavy atom. The Bertz CT molecular complexity index is 1030. The van der Waals surface area contributed by atoms with E-state index in [0.717, 1.165) is 17.5 Å². The van der Waals surface area contributed by atoms with E-state index >= 15 is 0 Å². The van der Waals surface area contributed by atoms with E-state index in [2.05, 4.69) is 31.8 Å². The molecule has 3 aromatic rings. The Kier molecular flexibility index (Phi) is 6.29. The van der Waals surface area contributed by atoms with Crippen LogP contribution >= 0.6 is 0 Å². The maximum Gasteiger partial charge on any atom is 0.255 e. The molecule has 0 aromatic carbocycles. The molecule has 0 saturated heterocycles. The highest BCUT2D eigenvalue weighted by Gasteiger charge is 2.16. The number of hydrogen-bond acceptors (Lipinski definition) is 6.